The van der Waals surface area contributed by atoms with E-state index in [0.29, 0.717) is 18.4 Å². The molecule has 4 heteroatoms. The Morgan fingerprint density at radius 1 is 1.24 bits per heavy atom. The minimum atomic E-state index is 0.531. The number of nitrogens with zero attached hydrogens (tertiary/aromatic N) is 2. The highest BCUT2D eigenvalue weighted by Gasteiger charge is 2.28. The summed E-state index contributed by atoms with van der Waals surface area (Å²) in [7, 11) is 0. The summed E-state index contributed by atoms with van der Waals surface area (Å²) in [4.78, 5) is 4.42. The molecule has 0 aliphatic heterocycles. The Kier molecular flexibility index (Phi) is 2.65. The van der Waals surface area contributed by atoms with Crippen molar-refractivity contribution in [1.29, 1.82) is 0 Å². The van der Waals surface area contributed by atoms with Crippen molar-refractivity contribution in [1.82, 2.24) is 10.1 Å². The number of rotatable bonds is 4. The van der Waals surface area contributed by atoms with Crippen LogP contribution in [0.25, 0.3) is 11.5 Å². The van der Waals surface area contributed by atoms with Crippen molar-refractivity contribution in [2.45, 2.75) is 25.2 Å². The molecule has 1 aromatic carbocycles. The zero-order valence-corrected chi connectivity index (χ0v) is 9.60. The highest BCUT2D eigenvalue weighted by molar-refractivity contribution is 5.53. The van der Waals surface area contributed by atoms with E-state index in [4.69, 9.17) is 10.3 Å². The molecule has 0 amide bonds. The Labute approximate surface area is 99.8 Å². The normalized spacial score (nSPS) is 15.1. The van der Waals surface area contributed by atoms with Gasteiger partial charge in [0.05, 0.1) is 0 Å². The minimum absolute atomic E-state index is 0.531. The molecule has 88 valence electrons. The Morgan fingerprint density at radius 2 is 2.00 bits per heavy atom. The largest absolute Gasteiger partial charge is 0.334 e. The highest BCUT2D eigenvalue weighted by Crippen LogP contribution is 2.38. The molecule has 2 N–H and O–H groups in total. The van der Waals surface area contributed by atoms with Gasteiger partial charge in [0.25, 0.3) is 5.89 Å². The second-order valence-electron chi connectivity index (χ2n) is 4.47. The number of nitrogens with two attached hydrogens (primary N) is 1. The molecule has 1 fully saturated rings. The lowest BCUT2D eigenvalue weighted by molar-refractivity contribution is 0.422. The van der Waals surface area contributed by atoms with Gasteiger partial charge >= 0.3 is 0 Å². The number of benzene rings is 1. The third-order valence-corrected chi connectivity index (χ3v) is 3.02. The van der Waals surface area contributed by atoms with Crippen LogP contribution >= 0.6 is 0 Å². The second-order valence-corrected chi connectivity index (χ2v) is 4.47. The topological polar surface area (TPSA) is 64.9 Å². The molecule has 0 saturated heterocycles. The van der Waals surface area contributed by atoms with Gasteiger partial charge in [0, 0.05) is 11.5 Å². The molecule has 0 unspecified atom stereocenters. The number of hydrogen-bond donors (Lipinski definition) is 1. The monoisotopic (exact) mass is 229 g/mol. The fourth-order valence-electron chi connectivity index (χ4n) is 1.84. The molecule has 3 rings (SSSR count). The third kappa shape index (κ3) is 2.22. The predicted molar refractivity (Wildman–Crippen MR) is 64.5 cm³/mol. The van der Waals surface area contributed by atoms with Crippen molar-refractivity contribution in [2.75, 3.05) is 6.54 Å². The van der Waals surface area contributed by atoms with E-state index >= 15 is 0 Å². The van der Waals surface area contributed by atoms with E-state index in [0.717, 1.165) is 17.8 Å². The molecule has 4 nitrogen and oxygen atoms in total. The van der Waals surface area contributed by atoms with E-state index in [-0.39, 0.29) is 0 Å². The van der Waals surface area contributed by atoms with Crippen LogP contribution in [0.1, 0.15) is 30.1 Å². The van der Waals surface area contributed by atoms with Crippen LogP contribution in [0.3, 0.4) is 0 Å². The highest BCUT2D eigenvalue weighted by atomic mass is 16.5. The van der Waals surface area contributed by atoms with Crippen molar-refractivity contribution in [3.8, 4) is 11.5 Å². The van der Waals surface area contributed by atoms with Gasteiger partial charge in [-0.15, -0.1) is 0 Å². The Balaban J connectivity index is 1.81. The zero-order valence-electron chi connectivity index (χ0n) is 9.60. The predicted octanol–water partition coefficient (Wildman–Crippen LogP) is 2.12. The van der Waals surface area contributed by atoms with Gasteiger partial charge in [-0.05, 0) is 43.5 Å². The summed E-state index contributed by atoms with van der Waals surface area (Å²) in [6.07, 6.45) is 3.28. The first-order valence-corrected chi connectivity index (χ1v) is 6.00. The van der Waals surface area contributed by atoms with E-state index in [1.54, 1.807) is 0 Å². The van der Waals surface area contributed by atoms with Crippen molar-refractivity contribution in [2.24, 2.45) is 5.73 Å². The lowest BCUT2D eigenvalue weighted by Crippen LogP contribution is -2.02. The minimum Gasteiger partial charge on any atom is -0.334 e. The molecule has 1 aliphatic carbocycles. The lowest BCUT2D eigenvalue weighted by atomic mass is 10.1. The smallest absolute Gasteiger partial charge is 0.257 e. The Bertz CT molecular complexity index is 500. The standard InChI is InChI=1S/C13H15N3O/c14-8-7-9-1-3-11(4-2-9)13-15-12(16-17-13)10-5-6-10/h1-4,10H,5-8,14H2. The molecule has 17 heavy (non-hydrogen) atoms. The Hall–Kier alpha value is -1.68. The van der Waals surface area contributed by atoms with Crippen LogP contribution in [0.4, 0.5) is 0 Å². The first kappa shape index (κ1) is 10.5. The summed E-state index contributed by atoms with van der Waals surface area (Å²) >= 11 is 0. The second kappa shape index (κ2) is 4.30. The Morgan fingerprint density at radius 3 is 2.65 bits per heavy atom. The molecule has 1 saturated carbocycles. The van der Waals surface area contributed by atoms with Gasteiger partial charge in [-0.3, -0.25) is 0 Å². The van der Waals surface area contributed by atoms with E-state index in [2.05, 4.69) is 22.3 Å². The van der Waals surface area contributed by atoms with Gasteiger partial charge in [-0.25, -0.2) is 0 Å². The van der Waals surface area contributed by atoms with E-state index in [1.807, 2.05) is 12.1 Å². The van der Waals surface area contributed by atoms with Gasteiger partial charge in [-0.1, -0.05) is 17.3 Å². The van der Waals surface area contributed by atoms with Crippen molar-refractivity contribution in [3.63, 3.8) is 0 Å². The maximum atomic E-state index is 5.51. The van der Waals surface area contributed by atoms with Crippen molar-refractivity contribution >= 4 is 0 Å². The first-order chi connectivity index (χ1) is 8.36. The fraction of sp³-hybridized carbons (Fsp3) is 0.385. The molecule has 2 aromatic rings. The van der Waals surface area contributed by atoms with Crippen LogP contribution in [0.2, 0.25) is 0 Å². The zero-order chi connectivity index (χ0) is 11.7. The van der Waals surface area contributed by atoms with Crippen LogP contribution in [0.15, 0.2) is 28.8 Å². The van der Waals surface area contributed by atoms with E-state index in [1.165, 1.54) is 18.4 Å². The molecule has 1 heterocycles. The van der Waals surface area contributed by atoms with Crippen molar-refractivity contribution < 1.29 is 4.52 Å². The van der Waals surface area contributed by atoms with Crippen LogP contribution in [-0.2, 0) is 6.42 Å². The maximum Gasteiger partial charge on any atom is 0.257 e. The average molecular weight is 229 g/mol. The molecule has 1 aromatic heterocycles. The van der Waals surface area contributed by atoms with Crippen LogP contribution in [0, 0.1) is 0 Å². The molecule has 0 radical (unpaired) electrons. The number of hydrogen-bond acceptors (Lipinski definition) is 4. The summed E-state index contributed by atoms with van der Waals surface area (Å²) in [5.41, 5.74) is 7.72. The molecule has 0 bridgehead atoms. The fourth-order valence-corrected chi connectivity index (χ4v) is 1.84. The van der Waals surface area contributed by atoms with Gasteiger partial charge in [0.1, 0.15) is 0 Å². The van der Waals surface area contributed by atoms with Gasteiger partial charge in [-0.2, -0.15) is 4.98 Å². The SMILES string of the molecule is NCCc1ccc(-c2nc(C3CC3)no2)cc1. The summed E-state index contributed by atoms with van der Waals surface area (Å²) in [6.45, 7) is 0.672. The molecular weight excluding hydrogens is 214 g/mol. The molecule has 0 atom stereocenters. The summed E-state index contributed by atoms with van der Waals surface area (Å²) in [5, 5.41) is 4.01. The molecule has 0 spiro atoms. The first-order valence-electron chi connectivity index (χ1n) is 6.00. The lowest BCUT2D eigenvalue weighted by Gasteiger charge is -1.98. The quantitative estimate of drug-likeness (QED) is 0.872. The molecule has 1 aliphatic rings. The summed E-state index contributed by atoms with van der Waals surface area (Å²) in [6, 6.07) is 8.14. The van der Waals surface area contributed by atoms with Crippen LogP contribution < -0.4 is 5.73 Å². The van der Waals surface area contributed by atoms with E-state index in [9.17, 15) is 0 Å². The van der Waals surface area contributed by atoms with Crippen LogP contribution in [0.5, 0.6) is 0 Å². The van der Waals surface area contributed by atoms with Gasteiger partial charge < -0.3 is 10.3 Å². The van der Waals surface area contributed by atoms with Gasteiger partial charge in [0.2, 0.25) is 0 Å². The third-order valence-electron chi connectivity index (χ3n) is 3.02. The van der Waals surface area contributed by atoms with Crippen molar-refractivity contribution in [3.05, 3.63) is 35.7 Å². The summed E-state index contributed by atoms with van der Waals surface area (Å²) in [5.74, 6) is 2.00. The van der Waals surface area contributed by atoms with E-state index < -0.39 is 0 Å². The number of aromatic nitrogens is 2. The average Bonchev–Trinajstić information content (AvgIpc) is 3.09. The maximum absolute atomic E-state index is 5.51. The van der Waals surface area contributed by atoms with Gasteiger partial charge in [0.15, 0.2) is 5.82 Å². The van der Waals surface area contributed by atoms with Crippen LogP contribution in [-0.4, -0.2) is 16.7 Å². The molecular formula is C13H15N3O. The summed E-state index contributed by atoms with van der Waals surface area (Å²) < 4.78 is 5.27.